The fourth-order valence-corrected chi connectivity index (χ4v) is 3.19. The summed E-state index contributed by atoms with van der Waals surface area (Å²) in [5.74, 6) is 4.19. The van der Waals surface area contributed by atoms with Crippen molar-refractivity contribution >= 4 is 17.6 Å². The van der Waals surface area contributed by atoms with Crippen LogP contribution in [0.3, 0.4) is 0 Å². The number of hydrazine groups is 1. The van der Waals surface area contributed by atoms with Crippen LogP contribution >= 0.6 is 0 Å². The summed E-state index contributed by atoms with van der Waals surface area (Å²) in [5.41, 5.74) is 2.96. The van der Waals surface area contributed by atoms with Crippen LogP contribution in [0.4, 0.5) is 5.69 Å². The summed E-state index contributed by atoms with van der Waals surface area (Å²) >= 11 is 0. The van der Waals surface area contributed by atoms with Gasteiger partial charge in [-0.2, -0.15) is 4.84 Å². The third-order valence-corrected chi connectivity index (χ3v) is 4.47. The van der Waals surface area contributed by atoms with Crippen molar-refractivity contribution < 1.29 is 24.3 Å². The number of nitrogens with zero attached hydrogens (tertiary/aromatic N) is 1. The van der Waals surface area contributed by atoms with Crippen molar-refractivity contribution in [3.8, 4) is 5.75 Å². The first-order chi connectivity index (χ1) is 11.0. The normalized spacial score (nSPS) is 32.9. The molecule has 124 valence electrons. The number of aliphatic carboxylic acids is 1. The maximum Gasteiger partial charge on any atom is 0.369 e. The highest BCUT2D eigenvalue weighted by Crippen LogP contribution is 2.36. The first kappa shape index (κ1) is 15.9. The van der Waals surface area contributed by atoms with Gasteiger partial charge >= 0.3 is 5.91 Å². The highest BCUT2D eigenvalue weighted by Gasteiger charge is 2.47. The van der Waals surface area contributed by atoms with E-state index in [2.05, 4.69) is 5.53 Å². The van der Waals surface area contributed by atoms with Crippen molar-refractivity contribution in [1.29, 1.82) is 0 Å². The molecule has 1 aromatic carbocycles. The molecule has 2 aliphatic heterocycles. The van der Waals surface area contributed by atoms with E-state index in [0.717, 1.165) is 0 Å². The molecule has 1 aliphatic carbocycles. The predicted molar refractivity (Wildman–Crippen MR) is 77.9 cm³/mol. The van der Waals surface area contributed by atoms with Gasteiger partial charge in [-0.25, -0.2) is 10.6 Å². The fourth-order valence-electron chi connectivity index (χ4n) is 3.19. The van der Waals surface area contributed by atoms with E-state index in [1.54, 1.807) is 24.3 Å². The molecule has 0 spiro atoms. The second kappa shape index (κ2) is 5.89. The molecule has 1 fully saturated rings. The number of carboxylic acid groups (broad SMARTS) is 1. The molecular weight excluding hydrogens is 302 g/mol. The molecule has 4 unspecified atom stereocenters. The van der Waals surface area contributed by atoms with Gasteiger partial charge in [-0.05, 0) is 31.4 Å². The van der Waals surface area contributed by atoms with Crippen LogP contribution in [-0.2, 0) is 14.4 Å². The average molecular weight is 321 g/mol. The van der Waals surface area contributed by atoms with E-state index in [9.17, 15) is 14.7 Å². The molecule has 1 aromatic rings. The minimum Gasteiger partial charge on any atom is -0.550 e. The third-order valence-electron chi connectivity index (χ3n) is 4.47. The molecule has 0 aromatic heterocycles. The van der Waals surface area contributed by atoms with Crippen LogP contribution in [0.1, 0.15) is 26.2 Å². The van der Waals surface area contributed by atoms with Crippen LogP contribution in [0, 0.1) is 5.92 Å². The fraction of sp³-hybridized carbons (Fsp3) is 0.467. The maximum atomic E-state index is 12.2. The lowest BCUT2D eigenvalue weighted by Gasteiger charge is -2.38. The minimum atomic E-state index is -1.09. The quantitative estimate of drug-likeness (QED) is 0.430. The van der Waals surface area contributed by atoms with Crippen LogP contribution in [-0.4, -0.2) is 24.1 Å². The number of hydroxylamine groups is 1. The van der Waals surface area contributed by atoms with Crippen LogP contribution < -0.4 is 26.0 Å². The van der Waals surface area contributed by atoms with Crippen molar-refractivity contribution in [1.82, 2.24) is 10.3 Å². The number of nitrogens with one attached hydrogen (secondary N) is 1. The van der Waals surface area contributed by atoms with Gasteiger partial charge in [-0.1, -0.05) is 5.53 Å². The van der Waals surface area contributed by atoms with Gasteiger partial charge in [0.05, 0.1) is 6.92 Å². The van der Waals surface area contributed by atoms with Crippen LogP contribution in [0.25, 0.3) is 0 Å². The number of hydrogen-bond acceptors (Lipinski definition) is 7. The Labute approximate surface area is 133 Å². The zero-order valence-electron chi connectivity index (χ0n) is 12.7. The van der Waals surface area contributed by atoms with E-state index in [1.165, 1.54) is 6.92 Å². The lowest BCUT2D eigenvalue weighted by atomic mass is 9.85. The van der Waals surface area contributed by atoms with Gasteiger partial charge in [0.1, 0.15) is 11.9 Å². The van der Waals surface area contributed by atoms with E-state index in [1.807, 2.05) is 0 Å². The zero-order valence-corrected chi connectivity index (χ0v) is 12.7. The number of nitrogens with two attached hydrogens (primary N) is 1. The van der Waals surface area contributed by atoms with E-state index in [-0.39, 0.29) is 12.3 Å². The van der Waals surface area contributed by atoms with Crippen molar-refractivity contribution in [2.45, 2.75) is 38.4 Å². The molecule has 1 saturated carbocycles. The summed E-state index contributed by atoms with van der Waals surface area (Å²) in [6.45, 7) is 1.37. The van der Waals surface area contributed by atoms with Gasteiger partial charge in [-0.15, -0.1) is 0 Å². The van der Waals surface area contributed by atoms with Crippen molar-refractivity contribution in [3.63, 3.8) is 0 Å². The molecule has 2 bridgehead atoms. The molecule has 1 amide bonds. The topological polar surface area (TPSA) is 114 Å². The summed E-state index contributed by atoms with van der Waals surface area (Å²) in [7, 11) is 0. The van der Waals surface area contributed by atoms with Crippen molar-refractivity contribution in [2.75, 3.05) is 0 Å². The molecule has 2 heterocycles. The molecular formula is C15H19N3O5. The predicted octanol–water partition coefficient (Wildman–Crippen LogP) is -0.470. The average Bonchev–Trinajstić information content (AvgIpc) is 2.64. The Morgan fingerprint density at radius 1 is 1.26 bits per heavy atom. The molecule has 4 rings (SSSR count). The molecule has 8 heteroatoms. The molecule has 0 radical (unpaired) electrons. The highest BCUT2D eigenvalue weighted by atomic mass is 16.8. The summed E-state index contributed by atoms with van der Waals surface area (Å²) in [5, 5.41) is 11.2. The SMILES string of the molecule is CC(=O)[N+]1(NN)OC2CCC(C(=O)[O-])CC2Oc2ccc1cc2. The number of carbonyl (C=O) groups is 2. The zero-order chi connectivity index (χ0) is 16.6. The molecule has 0 saturated heterocycles. The first-order valence-corrected chi connectivity index (χ1v) is 7.51. The number of benzene rings is 1. The number of carboxylic acids is 1. The van der Waals surface area contributed by atoms with Gasteiger partial charge in [0, 0.05) is 28.8 Å². The van der Waals surface area contributed by atoms with E-state index >= 15 is 0 Å². The maximum absolute atomic E-state index is 12.2. The van der Waals surface area contributed by atoms with Crippen molar-refractivity contribution in [3.05, 3.63) is 24.3 Å². The number of quaternary nitrogens is 1. The standard InChI is InChI=1S/C15H19N3O5/c1-9(19)18(17-16)11-3-5-12(6-4-11)22-14-8-10(15(20)21)2-7-13(14)23-18/h3-6,10,13-14,17H,2,7-8,16H2,1H3. The van der Waals surface area contributed by atoms with Gasteiger partial charge in [0.15, 0.2) is 11.8 Å². The summed E-state index contributed by atoms with van der Waals surface area (Å²) < 4.78 is 5.20. The molecule has 23 heavy (non-hydrogen) atoms. The van der Waals surface area contributed by atoms with E-state index in [4.69, 9.17) is 15.4 Å². The Balaban J connectivity index is 2.00. The Hall–Kier alpha value is -2.00. The summed E-state index contributed by atoms with van der Waals surface area (Å²) in [4.78, 5) is 29.4. The van der Waals surface area contributed by atoms with E-state index < -0.39 is 28.9 Å². The first-order valence-electron chi connectivity index (χ1n) is 7.51. The number of fused-ring (bicyclic) bond motifs is 3. The smallest absolute Gasteiger partial charge is 0.369 e. The van der Waals surface area contributed by atoms with Crippen LogP contribution in [0.5, 0.6) is 5.75 Å². The largest absolute Gasteiger partial charge is 0.550 e. The second-order valence-corrected chi connectivity index (χ2v) is 5.88. The molecule has 4 atom stereocenters. The lowest BCUT2D eigenvalue weighted by molar-refractivity contribution is -0.314. The van der Waals surface area contributed by atoms with Gasteiger partial charge in [-0.3, -0.25) is 0 Å². The van der Waals surface area contributed by atoms with Crippen molar-refractivity contribution in [2.24, 2.45) is 11.8 Å². The van der Waals surface area contributed by atoms with Crippen LogP contribution in [0.15, 0.2) is 24.3 Å². The van der Waals surface area contributed by atoms with E-state index in [0.29, 0.717) is 24.3 Å². The Morgan fingerprint density at radius 3 is 2.52 bits per heavy atom. The number of rotatable bonds is 2. The van der Waals surface area contributed by atoms with Gasteiger partial charge in [0.2, 0.25) is 0 Å². The number of amides is 1. The molecule has 3 aliphatic rings. The summed E-state index contributed by atoms with van der Waals surface area (Å²) in [6, 6.07) is 6.78. The lowest BCUT2D eigenvalue weighted by Crippen LogP contribution is -2.67. The Bertz CT molecular complexity index is 620. The van der Waals surface area contributed by atoms with Crippen LogP contribution in [0.2, 0.25) is 0 Å². The Morgan fingerprint density at radius 2 is 1.96 bits per heavy atom. The third kappa shape index (κ3) is 2.70. The van der Waals surface area contributed by atoms with Gasteiger partial charge in [0.25, 0.3) is 0 Å². The minimum absolute atomic E-state index is 0.260. The number of carbonyl (C=O) groups excluding carboxylic acids is 2. The monoisotopic (exact) mass is 321 g/mol. The summed E-state index contributed by atoms with van der Waals surface area (Å²) in [6.07, 6.45) is 0.115. The highest BCUT2D eigenvalue weighted by molar-refractivity contribution is 5.84. The Kier molecular flexibility index (Phi) is 4.07. The number of ether oxygens (including phenoxy) is 1. The number of hydrogen-bond donors (Lipinski definition) is 2. The van der Waals surface area contributed by atoms with Gasteiger partial charge < -0.3 is 14.6 Å². The molecule has 3 N–H and O–H groups in total. The molecule has 8 nitrogen and oxygen atoms in total. The second-order valence-electron chi connectivity index (χ2n) is 5.88.